The summed E-state index contributed by atoms with van der Waals surface area (Å²) in [6, 6.07) is 1.61. The van der Waals surface area contributed by atoms with Crippen LogP contribution in [0, 0.1) is 0 Å². The molecule has 2 N–H and O–H groups in total. The molecule has 1 aromatic heterocycles. The predicted molar refractivity (Wildman–Crippen MR) is 72.2 cm³/mol. The first-order valence-electron chi connectivity index (χ1n) is 5.81. The first-order chi connectivity index (χ1) is 8.58. The molecule has 0 saturated carbocycles. The van der Waals surface area contributed by atoms with Gasteiger partial charge in [-0.2, -0.15) is 0 Å². The lowest BCUT2D eigenvalue weighted by Gasteiger charge is -2.13. The van der Waals surface area contributed by atoms with Crippen molar-refractivity contribution in [1.82, 2.24) is 10.3 Å². The van der Waals surface area contributed by atoms with Crippen LogP contribution in [0.1, 0.15) is 24.2 Å². The van der Waals surface area contributed by atoms with Gasteiger partial charge in [0.05, 0.1) is 16.7 Å². The molecule has 0 radical (unpaired) electrons. The van der Waals surface area contributed by atoms with Gasteiger partial charge in [-0.25, -0.2) is 4.98 Å². The number of rotatable bonds is 6. The third-order valence-corrected chi connectivity index (χ3v) is 2.66. The Morgan fingerprint density at radius 2 is 2.33 bits per heavy atom. The van der Waals surface area contributed by atoms with Crippen molar-refractivity contribution in [2.45, 2.75) is 20.0 Å². The maximum Gasteiger partial charge on any atom is 0.253 e. The number of hydrogen-bond donors (Lipinski definition) is 2. The average molecular weight is 272 g/mol. The highest BCUT2D eigenvalue weighted by Crippen LogP contribution is 2.17. The number of pyridine rings is 1. The van der Waals surface area contributed by atoms with Gasteiger partial charge in [-0.05, 0) is 19.9 Å². The summed E-state index contributed by atoms with van der Waals surface area (Å²) >= 11 is 5.94. The van der Waals surface area contributed by atoms with E-state index >= 15 is 0 Å². The third kappa shape index (κ3) is 4.16. The van der Waals surface area contributed by atoms with Crippen LogP contribution in [0.3, 0.4) is 0 Å². The van der Waals surface area contributed by atoms with Gasteiger partial charge in [0.1, 0.15) is 5.82 Å². The largest absolute Gasteiger partial charge is 0.377 e. The minimum atomic E-state index is -0.231. The molecule has 0 bridgehead atoms. The van der Waals surface area contributed by atoms with E-state index in [0.717, 1.165) is 0 Å². The van der Waals surface area contributed by atoms with Crippen LogP contribution < -0.4 is 10.6 Å². The SMILES string of the molecule is CCOC(C)CNC(=O)c1cc(NC)ncc1Cl. The Labute approximate surface area is 112 Å². The number of nitrogens with zero attached hydrogens (tertiary/aromatic N) is 1. The second-order valence-electron chi connectivity index (χ2n) is 3.78. The third-order valence-electron chi connectivity index (χ3n) is 2.36. The molecule has 0 saturated heterocycles. The Kier molecular flexibility index (Phi) is 5.88. The van der Waals surface area contributed by atoms with Crippen LogP contribution in [0.5, 0.6) is 0 Å². The number of halogens is 1. The standard InChI is InChI=1S/C12H18ClN3O2/c1-4-18-8(2)6-16-12(17)9-5-11(14-3)15-7-10(9)13/h5,7-8H,4,6H2,1-3H3,(H,14,15)(H,16,17). The van der Waals surface area contributed by atoms with Crippen LogP contribution in [-0.4, -0.2) is 37.2 Å². The van der Waals surface area contributed by atoms with E-state index in [2.05, 4.69) is 15.6 Å². The Balaban J connectivity index is 2.66. The van der Waals surface area contributed by atoms with Crippen molar-refractivity contribution in [2.75, 3.05) is 25.5 Å². The number of hydrogen-bond acceptors (Lipinski definition) is 4. The molecule has 1 atom stereocenters. The van der Waals surface area contributed by atoms with Crippen LogP contribution in [-0.2, 0) is 4.74 Å². The van der Waals surface area contributed by atoms with Crippen LogP contribution in [0.4, 0.5) is 5.82 Å². The molecule has 6 heteroatoms. The summed E-state index contributed by atoms with van der Waals surface area (Å²) in [7, 11) is 1.73. The molecule has 1 unspecified atom stereocenters. The van der Waals surface area contributed by atoms with Crippen molar-refractivity contribution in [3.63, 3.8) is 0 Å². The van der Waals surface area contributed by atoms with Gasteiger partial charge in [-0.3, -0.25) is 4.79 Å². The summed E-state index contributed by atoms with van der Waals surface area (Å²) in [6.45, 7) is 4.88. The maximum atomic E-state index is 11.9. The number of ether oxygens (including phenoxy) is 1. The van der Waals surface area contributed by atoms with E-state index in [4.69, 9.17) is 16.3 Å². The zero-order valence-corrected chi connectivity index (χ0v) is 11.5. The van der Waals surface area contributed by atoms with Crippen molar-refractivity contribution < 1.29 is 9.53 Å². The second kappa shape index (κ2) is 7.18. The highest BCUT2D eigenvalue weighted by atomic mass is 35.5. The monoisotopic (exact) mass is 271 g/mol. The van der Waals surface area contributed by atoms with Crippen molar-refractivity contribution in [2.24, 2.45) is 0 Å². The zero-order chi connectivity index (χ0) is 13.5. The summed E-state index contributed by atoms with van der Waals surface area (Å²) in [5.74, 6) is 0.368. The molecular formula is C12H18ClN3O2. The van der Waals surface area contributed by atoms with Gasteiger partial charge in [0.25, 0.3) is 5.91 Å². The molecule has 0 aromatic carbocycles. The summed E-state index contributed by atoms with van der Waals surface area (Å²) in [5.41, 5.74) is 0.403. The molecule has 0 aliphatic heterocycles. The minimum absolute atomic E-state index is 0.0247. The zero-order valence-electron chi connectivity index (χ0n) is 10.8. The average Bonchev–Trinajstić information content (AvgIpc) is 2.37. The van der Waals surface area contributed by atoms with Gasteiger partial charge in [-0.1, -0.05) is 11.6 Å². The Bertz CT molecular complexity index is 412. The molecule has 1 aromatic rings. The van der Waals surface area contributed by atoms with Crippen molar-refractivity contribution >= 4 is 23.3 Å². The van der Waals surface area contributed by atoms with E-state index in [9.17, 15) is 4.79 Å². The van der Waals surface area contributed by atoms with Gasteiger partial charge in [0, 0.05) is 26.4 Å². The molecule has 0 fully saturated rings. The number of carbonyl (C=O) groups is 1. The lowest BCUT2D eigenvalue weighted by molar-refractivity contribution is 0.0695. The summed E-state index contributed by atoms with van der Waals surface area (Å²) in [4.78, 5) is 16.0. The number of anilines is 1. The fourth-order valence-corrected chi connectivity index (χ4v) is 1.61. The van der Waals surface area contributed by atoms with E-state index in [-0.39, 0.29) is 12.0 Å². The van der Waals surface area contributed by atoms with Crippen molar-refractivity contribution in [1.29, 1.82) is 0 Å². The minimum Gasteiger partial charge on any atom is -0.377 e. The lowest BCUT2D eigenvalue weighted by atomic mass is 10.2. The van der Waals surface area contributed by atoms with Crippen LogP contribution in [0.15, 0.2) is 12.3 Å². The number of carbonyl (C=O) groups excluding carboxylic acids is 1. The number of nitrogens with one attached hydrogen (secondary N) is 2. The quantitative estimate of drug-likeness (QED) is 0.830. The highest BCUT2D eigenvalue weighted by molar-refractivity contribution is 6.33. The van der Waals surface area contributed by atoms with Gasteiger partial charge < -0.3 is 15.4 Å². The van der Waals surface area contributed by atoms with Crippen LogP contribution in [0.2, 0.25) is 5.02 Å². The smallest absolute Gasteiger partial charge is 0.253 e. The van der Waals surface area contributed by atoms with E-state index in [0.29, 0.717) is 29.6 Å². The molecule has 0 spiro atoms. The van der Waals surface area contributed by atoms with Crippen molar-refractivity contribution in [3.8, 4) is 0 Å². The molecule has 18 heavy (non-hydrogen) atoms. The Morgan fingerprint density at radius 1 is 1.61 bits per heavy atom. The summed E-state index contributed by atoms with van der Waals surface area (Å²) in [5, 5.41) is 5.96. The van der Waals surface area contributed by atoms with E-state index in [1.165, 1.54) is 6.20 Å². The normalized spacial score (nSPS) is 12.0. The molecule has 100 valence electrons. The Hall–Kier alpha value is -1.33. The molecule has 0 aliphatic carbocycles. The first-order valence-corrected chi connectivity index (χ1v) is 6.19. The molecule has 1 rings (SSSR count). The second-order valence-corrected chi connectivity index (χ2v) is 4.18. The van der Waals surface area contributed by atoms with Crippen molar-refractivity contribution in [3.05, 3.63) is 22.8 Å². The lowest BCUT2D eigenvalue weighted by Crippen LogP contribution is -2.32. The highest BCUT2D eigenvalue weighted by Gasteiger charge is 2.12. The van der Waals surface area contributed by atoms with E-state index in [1.807, 2.05) is 13.8 Å². The topological polar surface area (TPSA) is 63.2 Å². The Morgan fingerprint density at radius 3 is 2.94 bits per heavy atom. The molecule has 5 nitrogen and oxygen atoms in total. The van der Waals surface area contributed by atoms with Crippen LogP contribution >= 0.6 is 11.6 Å². The van der Waals surface area contributed by atoms with Gasteiger partial charge in [-0.15, -0.1) is 0 Å². The van der Waals surface area contributed by atoms with E-state index in [1.54, 1.807) is 13.1 Å². The number of aromatic nitrogens is 1. The van der Waals surface area contributed by atoms with Gasteiger partial charge >= 0.3 is 0 Å². The first kappa shape index (κ1) is 14.7. The fourth-order valence-electron chi connectivity index (χ4n) is 1.42. The fraction of sp³-hybridized carbons (Fsp3) is 0.500. The summed E-state index contributed by atoms with van der Waals surface area (Å²) < 4.78 is 5.33. The maximum absolute atomic E-state index is 11.9. The molecule has 1 amide bonds. The van der Waals surface area contributed by atoms with E-state index < -0.39 is 0 Å². The summed E-state index contributed by atoms with van der Waals surface area (Å²) in [6.07, 6.45) is 1.43. The molecular weight excluding hydrogens is 254 g/mol. The van der Waals surface area contributed by atoms with Gasteiger partial charge in [0.2, 0.25) is 0 Å². The molecule has 0 aliphatic rings. The number of amides is 1. The van der Waals surface area contributed by atoms with Gasteiger partial charge in [0.15, 0.2) is 0 Å². The molecule has 1 heterocycles. The van der Waals surface area contributed by atoms with Crippen LogP contribution in [0.25, 0.3) is 0 Å². The predicted octanol–water partition coefficient (Wildman–Crippen LogP) is 1.93.